The van der Waals surface area contributed by atoms with Crippen LogP contribution in [-0.2, 0) is 11.3 Å². The fourth-order valence-electron chi connectivity index (χ4n) is 2.85. The third kappa shape index (κ3) is 3.99. The highest BCUT2D eigenvalue weighted by molar-refractivity contribution is 7.21. The zero-order valence-electron chi connectivity index (χ0n) is 14.8. The van der Waals surface area contributed by atoms with Crippen LogP contribution in [0.2, 0.25) is 0 Å². The van der Waals surface area contributed by atoms with Gasteiger partial charge in [-0.1, -0.05) is 12.1 Å². The molecule has 0 radical (unpaired) electrons. The van der Waals surface area contributed by atoms with Gasteiger partial charge in [-0.15, -0.1) is 11.3 Å². The van der Waals surface area contributed by atoms with Gasteiger partial charge in [0.2, 0.25) is 0 Å². The maximum Gasteiger partial charge on any atom is 0.348 e. The minimum Gasteiger partial charge on any atom is -0.462 e. The van der Waals surface area contributed by atoms with Gasteiger partial charge in [0.05, 0.1) is 6.61 Å². The summed E-state index contributed by atoms with van der Waals surface area (Å²) in [4.78, 5) is 12.6. The summed E-state index contributed by atoms with van der Waals surface area (Å²) in [7, 11) is 0. The number of halogens is 3. The van der Waals surface area contributed by atoms with Crippen LogP contribution in [0.25, 0.3) is 10.1 Å². The van der Waals surface area contributed by atoms with E-state index in [-0.39, 0.29) is 19.2 Å². The summed E-state index contributed by atoms with van der Waals surface area (Å²) in [6.45, 7) is 3.87. The summed E-state index contributed by atoms with van der Waals surface area (Å²) in [6.07, 6.45) is 0. The Balaban J connectivity index is 1.91. The van der Waals surface area contributed by atoms with Crippen molar-refractivity contribution in [3.8, 4) is 0 Å². The van der Waals surface area contributed by atoms with Gasteiger partial charge in [0.25, 0.3) is 0 Å². The SMILES string of the molecule is CCOC(=O)c1sc2cccc(F)c2c1CN[C@H](C)c1ccc(F)c(F)c1. The zero-order chi connectivity index (χ0) is 19.6. The van der Waals surface area contributed by atoms with Gasteiger partial charge < -0.3 is 10.1 Å². The Morgan fingerprint density at radius 1 is 1.15 bits per heavy atom. The van der Waals surface area contributed by atoms with E-state index < -0.39 is 23.4 Å². The predicted molar refractivity (Wildman–Crippen MR) is 99.4 cm³/mol. The number of hydrogen-bond acceptors (Lipinski definition) is 4. The van der Waals surface area contributed by atoms with E-state index in [1.165, 1.54) is 23.5 Å². The number of ether oxygens (including phenoxy) is 1. The molecule has 2 aromatic carbocycles. The average Bonchev–Trinajstić information content (AvgIpc) is 3.02. The topological polar surface area (TPSA) is 38.3 Å². The molecule has 0 aliphatic carbocycles. The van der Waals surface area contributed by atoms with E-state index in [1.807, 2.05) is 0 Å². The van der Waals surface area contributed by atoms with Crippen LogP contribution >= 0.6 is 11.3 Å². The largest absolute Gasteiger partial charge is 0.462 e. The lowest BCUT2D eigenvalue weighted by atomic mass is 10.1. The average molecular weight is 393 g/mol. The molecular weight excluding hydrogens is 375 g/mol. The fourth-order valence-corrected chi connectivity index (χ4v) is 3.98. The van der Waals surface area contributed by atoms with E-state index in [0.29, 0.717) is 26.1 Å². The molecule has 1 N–H and O–H groups in total. The molecule has 1 aromatic heterocycles. The Bertz CT molecular complexity index is 987. The van der Waals surface area contributed by atoms with Crippen molar-refractivity contribution in [2.75, 3.05) is 6.61 Å². The third-order valence-corrected chi connectivity index (χ3v) is 5.43. The van der Waals surface area contributed by atoms with Crippen LogP contribution in [0.1, 0.15) is 40.7 Å². The second-order valence-corrected chi connectivity index (χ2v) is 7.07. The number of thiophene rings is 1. The first-order chi connectivity index (χ1) is 12.9. The maximum atomic E-state index is 14.4. The number of hydrogen-bond donors (Lipinski definition) is 1. The summed E-state index contributed by atoms with van der Waals surface area (Å²) in [6, 6.07) is 7.99. The van der Waals surface area contributed by atoms with Crippen LogP contribution in [0.3, 0.4) is 0 Å². The molecule has 1 heterocycles. The maximum absolute atomic E-state index is 14.4. The number of carbonyl (C=O) groups excluding carboxylic acids is 1. The van der Waals surface area contributed by atoms with Crippen LogP contribution in [0.4, 0.5) is 13.2 Å². The molecule has 0 amide bonds. The molecule has 0 aliphatic rings. The summed E-state index contributed by atoms with van der Waals surface area (Å²) in [5.41, 5.74) is 1.05. The number of benzene rings is 2. The van der Waals surface area contributed by atoms with E-state index in [9.17, 15) is 18.0 Å². The number of carbonyl (C=O) groups is 1. The molecule has 3 aromatic rings. The molecule has 1 atom stereocenters. The van der Waals surface area contributed by atoms with Crippen molar-refractivity contribution in [1.29, 1.82) is 0 Å². The van der Waals surface area contributed by atoms with Crippen molar-refractivity contribution in [1.82, 2.24) is 5.32 Å². The van der Waals surface area contributed by atoms with Gasteiger partial charge in [0.1, 0.15) is 10.7 Å². The van der Waals surface area contributed by atoms with Crippen molar-refractivity contribution in [2.45, 2.75) is 26.4 Å². The minimum atomic E-state index is -0.930. The highest BCUT2D eigenvalue weighted by Gasteiger charge is 2.22. The van der Waals surface area contributed by atoms with Crippen molar-refractivity contribution >= 4 is 27.4 Å². The summed E-state index contributed by atoms with van der Waals surface area (Å²) >= 11 is 1.17. The van der Waals surface area contributed by atoms with Crippen molar-refractivity contribution < 1.29 is 22.7 Å². The van der Waals surface area contributed by atoms with Crippen molar-refractivity contribution in [3.63, 3.8) is 0 Å². The molecule has 3 nitrogen and oxygen atoms in total. The minimum absolute atomic E-state index is 0.176. The van der Waals surface area contributed by atoms with E-state index in [1.54, 1.807) is 26.0 Å². The Morgan fingerprint density at radius 3 is 2.63 bits per heavy atom. The monoisotopic (exact) mass is 393 g/mol. The van der Waals surface area contributed by atoms with Crippen LogP contribution < -0.4 is 5.32 Å². The number of fused-ring (bicyclic) bond motifs is 1. The summed E-state index contributed by atoms with van der Waals surface area (Å²) in [5.74, 6) is -2.77. The zero-order valence-corrected chi connectivity index (χ0v) is 15.6. The molecule has 3 rings (SSSR count). The van der Waals surface area contributed by atoms with Gasteiger partial charge >= 0.3 is 5.97 Å². The number of nitrogens with one attached hydrogen (secondary N) is 1. The molecule has 27 heavy (non-hydrogen) atoms. The van der Waals surface area contributed by atoms with E-state index in [2.05, 4.69) is 5.32 Å². The molecule has 0 saturated heterocycles. The smallest absolute Gasteiger partial charge is 0.348 e. The molecular formula is C20H18F3NO2S. The second kappa shape index (κ2) is 8.10. The highest BCUT2D eigenvalue weighted by Crippen LogP contribution is 2.34. The van der Waals surface area contributed by atoms with Gasteiger partial charge in [0, 0.05) is 28.2 Å². The molecule has 0 spiro atoms. The van der Waals surface area contributed by atoms with E-state index >= 15 is 0 Å². The Morgan fingerprint density at radius 2 is 1.93 bits per heavy atom. The van der Waals surface area contributed by atoms with Crippen LogP contribution in [-0.4, -0.2) is 12.6 Å². The first-order valence-corrected chi connectivity index (χ1v) is 9.29. The highest BCUT2D eigenvalue weighted by atomic mass is 32.1. The van der Waals surface area contributed by atoms with Gasteiger partial charge in [-0.3, -0.25) is 0 Å². The van der Waals surface area contributed by atoms with Crippen molar-refractivity contribution in [3.05, 3.63) is 69.9 Å². The molecule has 0 saturated carbocycles. The Kier molecular flexibility index (Phi) is 5.82. The standard InChI is InChI=1S/C20H18F3NO2S/c1-3-26-20(25)19-13(18-15(22)5-4-6-17(18)27-19)10-24-11(2)12-7-8-14(21)16(23)9-12/h4-9,11,24H,3,10H2,1-2H3/t11-/m1/s1. The number of esters is 1. The second-order valence-electron chi connectivity index (χ2n) is 6.02. The molecule has 0 bridgehead atoms. The fraction of sp³-hybridized carbons (Fsp3) is 0.250. The number of rotatable bonds is 6. The predicted octanol–water partition coefficient (Wildman–Crippen LogP) is 5.35. The normalized spacial score (nSPS) is 12.3. The first-order valence-electron chi connectivity index (χ1n) is 8.47. The lowest BCUT2D eigenvalue weighted by Gasteiger charge is -2.15. The Labute approximate surface area is 158 Å². The van der Waals surface area contributed by atoms with Gasteiger partial charge in [-0.2, -0.15) is 0 Å². The first kappa shape index (κ1) is 19.4. The summed E-state index contributed by atoms with van der Waals surface area (Å²) < 4.78 is 46.7. The molecule has 142 valence electrons. The Hall–Kier alpha value is -2.38. The molecule has 0 fully saturated rings. The van der Waals surface area contributed by atoms with Crippen LogP contribution in [0.5, 0.6) is 0 Å². The van der Waals surface area contributed by atoms with Crippen molar-refractivity contribution in [2.24, 2.45) is 0 Å². The molecule has 0 unspecified atom stereocenters. The van der Waals surface area contributed by atoms with Crippen LogP contribution in [0, 0.1) is 17.5 Å². The quantitative estimate of drug-likeness (QED) is 0.574. The summed E-state index contributed by atoms with van der Waals surface area (Å²) in [5, 5.41) is 3.52. The lowest BCUT2D eigenvalue weighted by molar-refractivity contribution is 0.0531. The molecule has 0 aliphatic heterocycles. The van der Waals surface area contributed by atoms with Gasteiger partial charge in [-0.05, 0) is 43.7 Å². The van der Waals surface area contributed by atoms with Crippen LogP contribution in [0.15, 0.2) is 36.4 Å². The van der Waals surface area contributed by atoms with Gasteiger partial charge in [-0.25, -0.2) is 18.0 Å². The van der Waals surface area contributed by atoms with E-state index in [0.717, 1.165) is 12.1 Å². The third-order valence-electron chi connectivity index (χ3n) is 4.25. The lowest BCUT2D eigenvalue weighted by Crippen LogP contribution is -2.20. The molecule has 7 heteroatoms. The van der Waals surface area contributed by atoms with Gasteiger partial charge in [0.15, 0.2) is 11.6 Å². The van der Waals surface area contributed by atoms with E-state index in [4.69, 9.17) is 4.74 Å².